The minimum Gasteiger partial charge on any atom is -0.346 e. The van der Waals surface area contributed by atoms with E-state index in [1.807, 2.05) is 0 Å². The lowest BCUT2D eigenvalue weighted by atomic mass is 10.0. The zero-order valence-electron chi connectivity index (χ0n) is 10.4. The van der Waals surface area contributed by atoms with Crippen LogP contribution < -0.4 is 11.1 Å². The highest BCUT2D eigenvalue weighted by Gasteiger charge is 2.35. The predicted octanol–water partition coefficient (Wildman–Crippen LogP) is 2.31. The number of hydrogen-bond acceptors (Lipinski definition) is 2. The average molecular weight is 278 g/mol. The average Bonchev–Trinajstić information content (AvgIpc) is 2.27. The van der Waals surface area contributed by atoms with E-state index in [1.54, 1.807) is 13.8 Å². The third kappa shape index (κ3) is 3.92. The fourth-order valence-corrected chi connectivity index (χ4v) is 1.31. The Morgan fingerprint density at radius 1 is 1.32 bits per heavy atom. The van der Waals surface area contributed by atoms with Gasteiger partial charge in [0.1, 0.15) is 5.82 Å². The second kappa shape index (κ2) is 5.16. The van der Waals surface area contributed by atoms with Crippen molar-refractivity contribution in [1.29, 1.82) is 0 Å². The molecular weight excluding hydrogens is 264 g/mol. The minimum atomic E-state index is -4.84. The van der Waals surface area contributed by atoms with E-state index in [2.05, 4.69) is 5.32 Å². The zero-order valence-corrected chi connectivity index (χ0v) is 10.4. The molecule has 7 heteroatoms. The molecular formula is C12H14F4N2O. The molecule has 0 aromatic heterocycles. The molecule has 0 atom stereocenters. The molecule has 19 heavy (non-hydrogen) atoms. The van der Waals surface area contributed by atoms with Crippen LogP contribution in [0.4, 0.5) is 17.6 Å². The molecule has 0 aliphatic carbocycles. The van der Waals surface area contributed by atoms with Crippen molar-refractivity contribution in [2.24, 2.45) is 5.73 Å². The monoisotopic (exact) mass is 278 g/mol. The number of carbonyl (C=O) groups excluding carboxylic acids is 1. The van der Waals surface area contributed by atoms with Crippen LogP contribution in [-0.2, 0) is 6.18 Å². The first kappa shape index (κ1) is 15.4. The lowest BCUT2D eigenvalue weighted by Crippen LogP contribution is -2.48. The smallest absolute Gasteiger partial charge is 0.346 e. The van der Waals surface area contributed by atoms with Gasteiger partial charge in [0, 0.05) is 17.6 Å². The summed E-state index contributed by atoms with van der Waals surface area (Å²) in [6.07, 6.45) is -4.84. The molecule has 0 spiro atoms. The van der Waals surface area contributed by atoms with Gasteiger partial charge in [0.25, 0.3) is 5.91 Å². The van der Waals surface area contributed by atoms with Gasteiger partial charge in [-0.05, 0) is 32.0 Å². The molecule has 3 N–H and O–H groups in total. The normalized spacial score (nSPS) is 12.4. The van der Waals surface area contributed by atoms with Crippen molar-refractivity contribution in [2.45, 2.75) is 25.6 Å². The molecule has 0 unspecified atom stereocenters. The van der Waals surface area contributed by atoms with Gasteiger partial charge in [-0.15, -0.1) is 0 Å². The maximum atomic E-state index is 13.1. The Bertz CT molecular complexity index is 483. The molecule has 0 radical (unpaired) electrons. The highest BCUT2D eigenvalue weighted by Crippen LogP contribution is 2.31. The van der Waals surface area contributed by atoms with Crippen molar-refractivity contribution < 1.29 is 22.4 Å². The summed E-state index contributed by atoms with van der Waals surface area (Å²) in [6, 6.07) is 2.09. The summed E-state index contributed by atoms with van der Waals surface area (Å²) >= 11 is 0. The lowest BCUT2D eigenvalue weighted by molar-refractivity contribution is -0.140. The quantitative estimate of drug-likeness (QED) is 0.834. The fourth-order valence-electron chi connectivity index (χ4n) is 1.31. The van der Waals surface area contributed by atoms with Crippen molar-refractivity contribution in [3.05, 3.63) is 35.1 Å². The highest BCUT2D eigenvalue weighted by atomic mass is 19.4. The molecule has 0 saturated heterocycles. The van der Waals surface area contributed by atoms with Crippen LogP contribution in [0, 0.1) is 5.82 Å². The van der Waals surface area contributed by atoms with Crippen LogP contribution in [-0.4, -0.2) is 18.0 Å². The summed E-state index contributed by atoms with van der Waals surface area (Å²) in [6.45, 7) is 3.37. The Balaban J connectivity index is 3.07. The summed E-state index contributed by atoms with van der Waals surface area (Å²) in [7, 11) is 0. The molecule has 1 amide bonds. The van der Waals surface area contributed by atoms with Crippen molar-refractivity contribution in [1.82, 2.24) is 5.32 Å². The molecule has 0 aliphatic heterocycles. The first-order chi connectivity index (χ1) is 8.57. The number of hydrogen-bond donors (Lipinski definition) is 2. The van der Waals surface area contributed by atoms with Gasteiger partial charge in [0.05, 0.1) is 5.56 Å². The first-order valence-corrected chi connectivity index (χ1v) is 5.46. The summed E-state index contributed by atoms with van der Waals surface area (Å²) in [5.74, 6) is -2.15. The van der Waals surface area contributed by atoms with E-state index in [-0.39, 0.29) is 12.1 Å². The van der Waals surface area contributed by atoms with E-state index in [0.29, 0.717) is 12.1 Å². The van der Waals surface area contributed by atoms with Gasteiger partial charge >= 0.3 is 6.18 Å². The van der Waals surface area contributed by atoms with Gasteiger partial charge in [-0.3, -0.25) is 4.79 Å². The summed E-state index contributed by atoms with van der Waals surface area (Å²) in [5.41, 5.74) is 2.91. The predicted molar refractivity (Wildman–Crippen MR) is 62.0 cm³/mol. The number of alkyl halides is 3. The molecule has 0 aliphatic rings. The van der Waals surface area contributed by atoms with E-state index in [9.17, 15) is 22.4 Å². The molecule has 0 bridgehead atoms. The van der Waals surface area contributed by atoms with Gasteiger partial charge in [0.15, 0.2) is 0 Å². The van der Waals surface area contributed by atoms with Crippen LogP contribution >= 0.6 is 0 Å². The number of halogens is 4. The molecule has 0 saturated carbocycles. The Labute approximate surface area is 107 Å². The Hall–Kier alpha value is -1.63. The topological polar surface area (TPSA) is 55.1 Å². The number of carbonyl (C=O) groups is 1. The van der Waals surface area contributed by atoms with Crippen molar-refractivity contribution in [3.63, 3.8) is 0 Å². The second-order valence-electron chi connectivity index (χ2n) is 4.73. The van der Waals surface area contributed by atoms with Gasteiger partial charge < -0.3 is 11.1 Å². The number of rotatable bonds is 3. The number of nitrogens with two attached hydrogens (primary N) is 1. The standard InChI is InChI=1S/C12H14F4N2O/c1-11(2,6-17)18-10(19)7-3-4-9(13)8(5-7)12(14,15)16/h3-5H,6,17H2,1-2H3,(H,18,19). The Kier molecular flexibility index (Phi) is 4.19. The van der Waals surface area contributed by atoms with Crippen LogP contribution in [0.25, 0.3) is 0 Å². The molecule has 3 nitrogen and oxygen atoms in total. The molecule has 0 fully saturated rings. The van der Waals surface area contributed by atoms with Crippen molar-refractivity contribution in [3.8, 4) is 0 Å². The Morgan fingerprint density at radius 2 is 1.89 bits per heavy atom. The van der Waals surface area contributed by atoms with Gasteiger partial charge in [-0.2, -0.15) is 13.2 Å². The lowest BCUT2D eigenvalue weighted by Gasteiger charge is -2.24. The molecule has 0 heterocycles. The van der Waals surface area contributed by atoms with Gasteiger partial charge in [0.2, 0.25) is 0 Å². The third-order valence-corrected chi connectivity index (χ3v) is 2.50. The van der Waals surface area contributed by atoms with E-state index < -0.39 is 29.0 Å². The summed E-state index contributed by atoms with van der Waals surface area (Å²) in [5, 5.41) is 2.47. The maximum absolute atomic E-state index is 13.1. The highest BCUT2D eigenvalue weighted by molar-refractivity contribution is 5.94. The second-order valence-corrected chi connectivity index (χ2v) is 4.73. The minimum absolute atomic E-state index is 0.117. The fraction of sp³-hybridized carbons (Fsp3) is 0.417. The largest absolute Gasteiger partial charge is 0.419 e. The van der Waals surface area contributed by atoms with Crippen LogP contribution in [0.3, 0.4) is 0 Å². The molecule has 1 aromatic carbocycles. The molecule has 1 rings (SSSR count). The van der Waals surface area contributed by atoms with Crippen LogP contribution in [0.5, 0.6) is 0 Å². The number of amides is 1. The van der Waals surface area contributed by atoms with E-state index >= 15 is 0 Å². The number of nitrogens with one attached hydrogen (secondary N) is 1. The first-order valence-electron chi connectivity index (χ1n) is 5.46. The molecule has 1 aromatic rings. The van der Waals surface area contributed by atoms with Crippen LogP contribution in [0.15, 0.2) is 18.2 Å². The Morgan fingerprint density at radius 3 is 2.37 bits per heavy atom. The van der Waals surface area contributed by atoms with Crippen LogP contribution in [0.2, 0.25) is 0 Å². The van der Waals surface area contributed by atoms with Gasteiger partial charge in [-0.1, -0.05) is 0 Å². The molecule has 106 valence electrons. The SMILES string of the molecule is CC(C)(CN)NC(=O)c1ccc(F)c(C(F)(F)F)c1. The van der Waals surface area contributed by atoms with E-state index in [1.165, 1.54) is 0 Å². The van der Waals surface area contributed by atoms with Crippen LogP contribution in [0.1, 0.15) is 29.8 Å². The van der Waals surface area contributed by atoms with E-state index in [0.717, 1.165) is 6.07 Å². The van der Waals surface area contributed by atoms with Gasteiger partial charge in [-0.25, -0.2) is 4.39 Å². The summed E-state index contributed by atoms with van der Waals surface area (Å²) in [4.78, 5) is 11.8. The summed E-state index contributed by atoms with van der Waals surface area (Å²) < 4.78 is 50.6. The zero-order chi connectivity index (χ0) is 14.8. The van der Waals surface area contributed by atoms with Crippen molar-refractivity contribution in [2.75, 3.05) is 6.54 Å². The third-order valence-electron chi connectivity index (χ3n) is 2.50. The number of benzene rings is 1. The van der Waals surface area contributed by atoms with Crippen molar-refractivity contribution >= 4 is 5.91 Å². The maximum Gasteiger partial charge on any atom is 0.419 e. The van der Waals surface area contributed by atoms with E-state index in [4.69, 9.17) is 5.73 Å².